The van der Waals surface area contributed by atoms with Crippen LogP contribution in [0.25, 0.3) is 0 Å². The van der Waals surface area contributed by atoms with Gasteiger partial charge in [0.05, 0.1) is 4.90 Å². The minimum absolute atomic E-state index is 0.0897. The molecule has 2 rings (SSSR count). The molecule has 1 amide bonds. The molecule has 1 aliphatic rings. The molecule has 22 heavy (non-hydrogen) atoms. The van der Waals surface area contributed by atoms with Crippen molar-refractivity contribution in [2.24, 2.45) is 0 Å². The number of rotatable bonds is 6. The fourth-order valence-electron chi connectivity index (χ4n) is 2.48. The molecule has 0 saturated carbocycles. The number of sulfonamides is 1. The average Bonchev–Trinajstić information content (AvgIpc) is 2.98. The molecule has 0 aliphatic carbocycles. The summed E-state index contributed by atoms with van der Waals surface area (Å²) in [6, 6.07) is 6.76. The fraction of sp³-hybridized carbons (Fsp3) is 0.533. The van der Waals surface area contributed by atoms with Gasteiger partial charge in [-0.1, -0.05) is 6.07 Å². The Kier molecular flexibility index (Phi) is 5.55. The minimum Gasteiger partial charge on any atom is -0.326 e. The van der Waals surface area contributed by atoms with Gasteiger partial charge in [0, 0.05) is 32.2 Å². The predicted octanol–water partition coefficient (Wildman–Crippen LogP) is 1.41. The Morgan fingerprint density at radius 1 is 1.41 bits per heavy atom. The van der Waals surface area contributed by atoms with Crippen molar-refractivity contribution in [1.82, 2.24) is 9.62 Å². The molecule has 0 bridgehead atoms. The molecule has 1 atom stereocenters. The van der Waals surface area contributed by atoms with Crippen LogP contribution >= 0.6 is 0 Å². The first-order valence-corrected chi connectivity index (χ1v) is 8.89. The number of nitrogens with one attached hydrogen (secondary N) is 2. The highest BCUT2D eigenvalue weighted by Gasteiger charge is 2.18. The van der Waals surface area contributed by atoms with E-state index in [0.29, 0.717) is 18.2 Å². The molecular weight excluding hydrogens is 302 g/mol. The fourth-order valence-corrected chi connectivity index (χ4v) is 3.43. The largest absolute Gasteiger partial charge is 0.326 e. The van der Waals surface area contributed by atoms with Crippen LogP contribution in [0.15, 0.2) is 29.2 Å². The van der Waals surface area contributed by atoms with Crippen LogP contribution in [0, 0.1) is 0 Å². The summed E-state index contributed by atoms with van der Waals surface area (Å²) in [5.74, 6) is -0.0897. The summed E-state index contributed by atoms with van der Waals surface area (Å²) in [5, 5.41) is 6.12. The highest BCUT2D eigenvalue weighted by atomic mass is 32.2. The lowest BCUT2D eigenvalue weighted by Crippen LogP contribution is -2.24. The molecule has 7 heteroatoms. The molecule has 0 radical (unpaired) electrons. The third-order valence-electron chi connectivity index (χ3n) is 3.78. The van der Waals surface area contributed by atoms with Crippen molar-refractivity contribution in [3.63, 3.8) is 0 Å². The standard InChI is InChI=1S/C15H23N3O3S/c1-18(2)22(20,21)14-7-3-5-13(11-14)17-15(19)9-8-12-6-4-10-16-12/h3,5,7,11-12,16H,4,6,8-10H2,1-2H3,(H,17,19). The molecule has 1 unspecified atom stereocenters. The van der Waals surface area contributed by atoms with Crippen LogP contribution in [-0.2, 0) is 14.8 Å². The monoisotopic (exact) mass is 325 g/mol. The summed E-state index contributed by atoms with van der Waals surface area (Å²) >= 11 is 0. The zero-order chi connectivity index (χ0) is 16.2. The Labute approximate surface area is 131 Å². The number of hydrogen-bond acceptors (Lipinski definition) is 4. The van der Waals surface area contributed by atoms with Gasteiger partial charge in [-0.15, -0.1) is 0 Å². The van der Waals surface area contributed by atoms with Crippen LogP contribution in [0.1, 0.15) is 25.7 Å². The van der Waals surface area contributed by atoms with Gasteiger partial charge < -0.3 is 10.6 Å². The van der Waals surface area contributed by atoms with Crippen LogP contribution < -0.4 is 10.6 Å². The summed E-state index contributed by atoms with van der Waals surface area (Å²) in [4.78, 5) is 12.1. The Balaban J connectivity index is 1.96. The van der Waals surface area contributed by atoms with E-state index < -0.39 is 10.0 Å². The molecule has 1 aromatic carbocycles. The van der Waals surface area contributed by atoms with E-state index in [-0.39, 0.29) is 10.8 Å². The van der Waals surface area contributed by atoms with E-state index in [4.69, 9.17) is 0 Å². The number of benzene rings is 1. The maximum Gasteiger partial charge on any atom is 0.242 e. The third kappa shape index (κ3) is 4.28. The van der Waals surface area contributed by atoms with Gasteiger partial charge in [-0.2, -0.15) is 0 Å². The van der Waals surface area contributed by atoms with Crippen LogP contribution in [0.5, 0.6) is 0 Å². The predicted molar refractivity (Wildman–Crippen MR) is 86.2 cm³/mol. The van der Waals surface area contributed by atoms with Gasteiger partial charge in [-0.05, 0) is 44.0 Å². The summed E-state index contributed by atoms with van der Waals surface area (Å²) in [6.45, 7) is 1.02. The van der Waals surface area contributed by atoms with Gasteiger partial charge in [0.1, 0.15) is 0 Å². The van der Waals surface area contributed by atoms with Crippen molar-refractivity contribution in [3.8, 4) is 0 Å². The van der Waals surface area contributed by atoms with Crippen LogP contribution in [0.2, 0.25) is 0 Å². The van der Waals surface area contributed by atoms with E-state index in [9.17, 15) is 13.2 Å². The molecule has 1 fully saturated rings. The second-order valence-electron chi connectivity index (χ2n) is 5.70. The quantitative estimate of drug-likeness (QED) is 0.829. The molecule has 2 N–H and O–H groups in total. The molecule has 0 aromatic heterocycles. The SMILES string of the molecule is CN(C)S(=O)(=O)c1cccc(NC(=O)CCC2CCCN2)c1. The van der Waals surface area contributed by atoms with Crippen LogP contribution in [0.4, 0.5) is 5.69 Å². The third-order valence-corrected chi connectivity index (χ3v) is 5.59. The zero-order valence-corrected chi connectivity index (χ0v) is 13.8. The Hall–Kier alpha value is -1.44. The first kappa shape index (κ1) is 16.9. The highest BCUT2D eigenvalue weighted by molar-refractivity contribution is 7.89. The van der Waals surface area contributed by atoms with Gasteiger partial charge in [0.2, 0.25) is 15.9 Å². The normalized spacial score (nSPS) is 18.6. The van der Waals surface area contributed by atoms with E-state index >= 15 is 0 Å². The van der Waals surface area contributed by atoms with Crippen molar-refractivity contribution in [1.29, 1.82) is 0 Å². The zero-order valence-electron chi connectivity index (χ0n) is 13.0. The van der Waals surface area contributed by atoms with Gasteiger partial charge in [0.25, 0.3) is 0 Å². The molecule has 1 aliphatic heterocycles. The molecule has 6 nitrogen and oxygen atoms in total. The summed E-state index contributed by atoms with van der Waals surface area (Å²) in [7, 11) is -0.526. The molecule has 1 heterocycles. The maximum absolute atomic E-state index is 12.1. The summed E-state index contributed by atoms with van der Waals surface area (Å²) in [5.41, 5.74) is 0.507. The first-order valence-electron chi connectivity index (χ1n) is 7.45. The first-order chi connectivity index (χ1) is 10.4. The number of anilines is 1. The lowest BCUT2D eigenvalue weighted by molar-refractivity contribution is -0.116. The summed E-state index contributed by atoms with van der Waals surface area (Å²) in [6.07, 6.45) is 3.52. The van der Waals surface area contributed by atoms with Gasteiger partial charge in [-0.3, -0.25) is 4.79 Å². The van der Waals surface area contributed by atoms with E-state index in [1.165, 1.54) is 26.2 Å². The van der Waals surface area contributed by atoms with Crippen molar-refractivity contribution in [3.05, 3.63) is 24.3 Å². The Bertz CT molecular complexity index is 623. The topological polar surface area (TPSA) is 78.5 Å². The van der Waals surface area contributed by atoms with E-state index in [0.717, 1.165) is 30.1 Å². The lowest BCUT2D eigenvalue weighted by Gasteiger charge is -2.13. The number of nitrogens with zero attached hydrogens (tertiary/aromatic N) is 1. The average molecular weight is 325 g/mol. The van der Waals surface area contributed by atoms with Crippen molar-refractivity contribution >= 4 is 21.6 Å². The minimum atomic E-state index is -3.49. The highest BCUT2D eigenvalue weighted by Crippen LogP contribution is 2.18. The van der Waals surface area contributed by atoms with Crippen molar-refractivity contribution in [2.45, 2.75) is 36.6 Å². The summed E-state index contributed by atoms with van der Waals surface area (Å²) < 4.78 is 25.3. The van der Waals surface area contributed by atoms with Crippen molar-refractivity contribution in [2.75, 3.05) is 26.0 Å². The van der Waals surface area contributed by atoms with Crippen LogP contribution in [-0.4, -0.2) is 45.3 Å². The molecule has 1 saturated heterocycles. The van der Waals surface area contributed by atoms with Gasteiger partial charge in [0.15, 0.2) is 0 Å². The second kappa shape index (κ2) is 7.21. The molecular formula is C15H23N3O3S. The smallest absolute Gasteiger partial charge is 0.242 e. The molecule has 122 valence electrons. The second-order valence-corrected chi connectivity index (χ2v) is 7.85. The van der Waals surface area contributed by atoms with E-state index in [1.807, 2.05) is 0 Å². The van der Waals surface area contributed by atoms with Gasteiger partial charge in [-0.25, -0.2) is 12.7 Å². The molecule has 1 aromatic rings. The number of amides is 1. The number of hydrogen-bond donors (Lipinski definition) is 2. The molecule has 0 spiro atoms. The number of carbonyl (C=O) groups excluding carboxylic acids is 1. The Morgan fingerprint density at radius 3 is 2.82 bits per heavy atom. The van der Waals surface area contributed by atoms with E-state index in [1.54, 1.807) is 12.1 Å². The number of carbonyl (C=O) groups is 1. The lowest BCUT2D eigenvalue weighted by atomic mass is 10.1. The van der Waals surface area contributed by atoms with Crippen LogP contribution in [0.3, 0.4) is 0 Å². The van der Waals surface area contributed by atoms with Crippen molar-refractivity contribution < 1.29 is 13.2 Å². The Morgan fingerprint density at radius 2 is 2.18 bits per heavy atom. The maximum atomic E-state index is 12.1. The van der Waals surface area contributed by atoms with Gasteiger partial charge >= 0.3 is 0 Å². The van der Waals surface area contributed by atoms with E-state index in [2.05, 4.69) is 10.6 Å².